The van der Waals surface area contributed by atoms with E-state index in [9.17, 15) is 14.9 Å². The molecule has 1 heterocycles. The first-order valence-corrected chi connectivity index (χ1v) is 7.78. The molecule has 0 saturated heterocycles. The number of aryl methyl sites for hydroxylation is 1. The van der Waals surface area contributed by atoms with Gasteiger partial charge in [-0.25, -0.2) is 0 Å². The second kappa shape index (κ2) is 7.00. The maximum atomic E-state index is 12.3. The minimum Gasteiger partial charge on any atom is -0.358 e. The highest BCUT2D eigenvalue weighted by Gasteiger charge is 2.23. The number of nitro groups is 1. The van der Waals surface area contributed by atoms with Gasteiger partial charge in [0.1, 0.15) is 12.7 Å². The van der Waals surface area contributed by atoms with Crippen LogP contribution in [0.15, 0.2) is 30.5 Å². The van der Waals surface area contributed by atoms with E-state index in [2.05, 4.69) is 10.3 Å². The van der Waals surface area contributed by atoms with Gasteiger partial charge < -0.3 is 15.4 Å². The van der Waals surface area contributed by atoms with E-state index in [1.165, 1.54) is 10.8 Å². The van der Waals surface area contributed by atoms with Gasteiger partial charge in [-0.15, -0.1) is 0 Å². The van der Waals surface area contributed by atoms with Gasteiger partial charge in [-0.3, -0.25) is 9.36 Å². The van der Waals surface area contributed by atoms with Crippen LogP contribution in [0.1, 0.15) is 25.2 Å². The molecule has 0 radical (unpaired) electrons. The standard InChI is InChI=1S/C16H19ClN4O3/c1-11-18-14(21(23)24)9-20(11)10-15(22)19-16(2,3)8-12-6-4-5-7-13(12)17/h4-7,9H,8,10H2,1-3H3,(H,19,22). The Kier molecular flexibility index (Phi) is 5.23. The fourth-order valence-corrected chi connectivity index (χ4v) is 2.68. The van der Waals surface area contributed by atoms with Crippen molar-refractivity contribution in [3.63, 3.8) is 0 Å². The molecule has 1 aromatic heterocycles. The molecule has 0 aliphatic rings. The molecule has 0 saturated carbocycles. The number of carbonyl (C=O) groups is 1. The van der Waals surface area contributed by atoms with Crippen LogP contribution in [-0.4, -0.2) is 25.9 Å². The number of imidazole rings is 1. The molecule has 24 heavy (non-hydrogen) atoms. The lowest BCUT2D eigenvalue weighted by atomic mass is 9.95. The Balaban J connectivity index is 2.03. The van der Waals surface area contributed by atoms with E-state index in [-0.39, 0.29) is 18.3 Å². The predicted octanol–water partition coefficient (Wildman–Crippen LogP) is 2.89. The lowest BCUT2D eigenvalue weighted by Crippen LogP contribution is -2.46. The van der Waals surface area contributed by atoms with Crippen molar-refractivity contribution in [1.29, 1.82) is 0 Å². The zero-order valence-electron chi connectivity index (χ0n) is 13.7. The van der Waals surface area contributed by atoms with E-state index in [1.54, 1.807) is 6.92 Å². The van der Waals surface area contributed by atoms with Gasteiger partial charge in [0.2, 0.25) is 11.7 Å². The molecule has 0 spiro atoms. The monoisotopic (exact) mass is 350 g/mol. The number of benzene rings is 1. The molecule has 0 aliphatic heterocycles. The van der Waals surface area contributed by atoms with E-state index in [0.29, 0.717) is 17.3 Å². The summed E-state index contributed by atoms with van der Waals surface area (Å²) in [5, 5.41) is 14.3. The average Bonchev–Trinajstić information content (AvgIpc) is 2.82. The number of aromatic nitrogens is 2. The number of amides is 1. The van der Waals surface area contributed by atoms with Crippen LogP contribution in [0.25, 0.3) is 0 Å². The number of hydrogen-bond acceptors (Lipinski definition) is 4. The number of nitrogens with zero attached hydrogens (tertiary/aromatic N) is 3. The molecule has 2 rings (SSSR count). The fraction of sp³-hybridized carbons (Fsp3) is 0.375. The summed E-state index contributed by atoms with van der Waals surface area (Å²) in [5.74, 6) is -0.0983. The second-order valence-electron chi connectivity index (χ2n) is 6.23. The molecule has 1 N–H and O–H groups in total. The van der Waals surface area contributed by atoms with Crippen molar-refractivity contribution >= 4 is 23.3 Å². The quantitative estimate of drug-likeness (QED) is 0.640. The summed E-state index contributed by atoms with van der Waals surface area (Å²) in [6, 6.07) is 7.47. The van der Waals surface area contributed by atoms with Crippen molar-refractivity contribution in [3.8, 4) is 0 Å². The van der Waals surface area contributed by atoms with E-state index in [4.69, 9.17) is 11.6 Å². The lowest BCUT2D eigenvalue weighted by Gasteiger charge is -2.27. The van der Waals surface area contributed by atoms with E-state index >= 15 is 0 Å². The molecule has 0 fully saturated rings. The molecule has 0 bridgehead atoms. The number of halogens is 1. The van der Waals surface area contributed by atoms with Crippen molar-refractivity contribution in [3.05, 3.63) is 57.0 Å². The third kappa shape index (κ3) is 4.55. The maximum Gasteiger partial charge on any atom is 0.381 e. The normalized spacial score (nSPS) is 11.3. The van der Waals surface area contributed by atoms with Crippen LogP contribution in [0.5, 0.6) is 0 Å². The number of rotatable bonds is 6. The molecular formula is C16H19ClN4O3. The Morgan fingerprint density at radius 1 is 1.42 bits per heavy atom. The number of carbonyl (C=O) groups excluding carboxylic acids is 1. The van der Waals surface area contributed by atoms with Crippen LogP contribution in [-0.2, 0) is 17.8 Å². The highest BCUT2D eigenvalue weighted by atomic mass is 35.5. The predicted molar refractivity (Wildman–Crippen MR) is 91.0 cm³/mol. The average molecular weight is 351 g/mol. The zero-order chi connectivity index (χ0) is 17.9. The maximum absolute atomic E-state index is 12.3. The molecule has 1 amide bonds. The summed E-state index contributed by atoms with van der Waals surface area (Å²) in [6.07, 6.45) is 1.83. The molecule has 1 aromatic carbocycles. The lowest BCUT2D eigenvalue weighted by molar-refractivity contribution is -0.389. The topological polar surface area (TPSA) is 90.1 Å². The number of hydrogen-bond donors (Lipinski definition) is 1. The molecule has 0 atom stereocenters. The van der Waals surface area contributed by atoms with Crippen molar-refractivity contribution in [2.24, 2.45) is 0 Å². The van der Waals surface area contributed by atoms with Gasteiger partial charge in [0.15, 0.2) is 0 Å². The first kappa shape index (κ1) is 17.9. The Morgan fingerprint density at radius 2 is 2.08 bits per heavy atom. The molecule has 8 heteroatoms. The SMILES string of the molecule is Cc1nc([N+](=O)[O-])cn1CC(=O)NC(C)(C)Cc1ccccc1Cl. The van der Waals surface area contributed by atoms with Gasteiger partial charge >= 0.3 is 5.82 Å². The van der Waals surface area contributed by atoms with Crippen LogP contribution in [0.3, 0.4) is 0 Å². The van der Waals surface area contributed by atoms with Gasteiger partial charge in [0.05, 0.1) is 0 Å². The Hall–Kier alpha value is -2.41. The van der Waals surface area contributed by atoms with Crippen molar-refractivity contribution in [1.82, 2.24) is 14.9 Å². The van der Waals surface area contributed by atoms with Gasteiger partial charge in [0, 0.05) is 17.5 Å². The third-order valence-electron chi connectivity index (χ3n) is 3.53. The van der Waals surface area contributed by atoms with Crippen LogP contribution < -0.4 is 5.32 Å². The van der Waals surface area contributed by atoms with Crippen molar-refractivity contribution in [2.75, 3.05) is 0 Å². The van der Waals surface area contributed by atoms with E-state index in [0.717, 1.165) is 5.56 Å². The summed E-state index contributed by atoms with van der Waals surface area (Å²) in [7, 11) is 0. The van der Waals surface area contributed by atoms with Crippen molar-refractivity contribution < 1.29 is 9.72 Å². The summed E-state index contributed by atoms with van der Waals surface area (Å²) >= 11 is 6.16. The van der Waals surface area contributed by atoms with Crippen LogP contribution in [0.2, 0.25) is 5.02 Å². The van der Waals surface area contributed by atoms with Gasteiger partial charge in [-0.1, -0.05) is 29.8 Å². The molecular weight excluding hydrogens is 332 g/mol. The minimum absolute atomic E-state index is 0.0291. The first-order chi connectivity index (χ1) is 11.2. The fourth-order valence-electron chi connectivity index (χ4n) is 2.47. The molecule has 2 aromatic rings. The minimum atomic E-state index is -0.581. The highest BCUT2D eigenvalue weighted by Crippen LogP contribution is 2.21. The second-order valence-corrected chi connectivity index (χ2v) is 6.64. The van der Waals surface area contributed by atoms with E-state index < -0.39 is 10.5 Å². The van der Waals surface area contributed by atoms with E-state index in [1.807, 2.05) is 38.1 Å². The third-order valence-corrected chi connectivity index (χ3v) is 3.90. The number of nitrogens with one attached hydrogen (secondary N) is 1. The Morgan fingerprint density at radius 3 is 2.67 bits per heavy atom. The van der Waals surface area contributed by atoms with Gasteiger partial charge in [-0.2, -0.15) is 0 Å². The zero-order valence-corrected chi connectivity index (χ0v) is 14.5. The van der Waals surface area contributed by atoms with Crippen LogP contribution >= 0.6 is 11.6 Å². The molecule has 0 unspecified atom stereocenters. The summed E-state index contributed by atoms with van der Waals surface area (Å²) in [5.41, 5.74) is 0.432. The summed E-state index contributed by atoms with van der Waals surface area (Å²) < 4.78 is 1.46. The highest BCUT2D eigenvalue weighted by molar-refractivity contribution is 6.31. The van der Waals surface area contributed by atoms with Crippen molar-refractivity contribution in [2.45, 2.75) is 39.3 Å². The largest absolute Gasteiger partial charge is 0.381 e. The Bertz CT molecular complexity index is 770. The molecule has 7 nitrogen and oxygen atoms in total. The first-order valence-electron chi connectivity index (χ1n) is 7.40. The molecule has 0 aliphatic carbocycles. The summed E-state index contributed by atoms with van der Waals surface area (Å²) in [4.78, 5) is 26.2. The van der Waals surface area contributed by atoms with Crippen LogP contribution in [0.4, 0.5) is 5.82 Å². The van der Waals surface area contributed by atoms with Gasteiger partial charge in [0.25, 0.3) is 0 Å². The summed E-state index contributed by atoms with van der Waals surface area (Å²) in [6.45, 7) is 5.39. The Labute approximate surface area is 144 Å². The smallest absolute Gasteiger partial charge is 0.358 e. The van der Waals surface area contributed by atoms with Crippen LogP contribution in [0, 0.1) is 17.0 Å². The van der Waals surface area contributed by atoms with Gasteiger partial charge in [-0.05, 0) is 41.8 Å². The molecule has 128 valence electrons.